The molecule has 2 nitrogen and oxygen atoms in total. The van der Waals surface area contributed by atoms with Crippen LogP contribution in [0, 0.1) is 5.41 Å². The topological polar surface area (TPSA) is 49.9 Å². The molecule has 0 rings (SSSR count). The summed E-state index contributed by atoms with van der Waals surface area (Å²) >= 11 is 0. The maximum Gasteiger partial charge on any atom is 0 e. The van der Waals surface area contributed by atoms with Gasteiger partial charge in [-0.05, 0) is 0 Å². The third kappa shape index (κ3) is 331000. The average molecular weight is 95.0 g/mol. The maximum absolute atomic E-state index is 5.74. The zero-order chi connectivity index (χ0) is 2.71. The third-order valence-corrected chi connectivity index (χ3v) is 0. The molecule has 3 heteroatoms. The van der Waals surface area contributed by atoms with Gasteiger partial charge >= 0.3 is 0 Å². The Hall–Kier alpha value is 0.00247. The first-order chi connectivity index (χ1) is 1.41. The zero-order valence-corrected chi connectivity index (χ0v) is 3.26. The summed E-state index contributed by atoms with van der Waals surface area (Å²) in [5, 5.41) is 5.74. The van der Waals surface area contributed by atoms with Crippen molar-refractivity contribution in [2.24, 2.45) is 5.73 Å². The van der Waals surface area contributed by atoms with Crippen LogP contribution >= 0.6 is 0 Å². The molecule has 0 saturated heterocycles. The minimum atomic E-state index is 0. The van der Waals surface area contributed by atoms with E-state index in [1.807, 2.05) is 0 Å². The van der Waals surface area contributed by atoms with Gasteiger partial charge in [-0.15, -0.1) is 0 Å². The Bertz CT molecular complexity index is 13.5. The van der Waals surface area contributed by atoms with Crippen molar-refractivity contribution < 1.29 is 17.4 Å². The molecule has 3 N–H and O–H groups in total. The third-order valence-electron chi connectivity index (χ3n) is 0. The summed E-state index contributed by atoms with van der Waals surface area (Å²) in [5.41, 5.74) is 4.26. The summed E-state index contributed by atoms with van der Waals surface area (Å²) < 4.78 is 0. The summed E-state index contributed by atoms with van der Waals surface area (Å²) in [6, 6.07) is 0. The van der Waals surface area contributed by atoms with E-state index < -0.39 is 0 Å². The monoisotopic (exact) mass is 95.0 g/mol. The standard InChI is InChI=1S/CH3N2.Cr/c2-1-3;/h(H3,2,3);/q-1;. The molecule has 0 radical (unpaired) electrons. The van der Waals surface area contributed by atoms with Crippen LogP contribution in [0.2, 0.25) is 0 Å². The van der Waals surface area contributed by atoms with Crippen molar-refractivity contribution in [2.45, 2.75) is 0 Å². The molecular formula is CH3CrN2-. The van der Waals surface area contributed by atoms with Crippen LogP contribution in [0.25, 0.3) is 0 Å². The van der Waals surface area contributed by atoms with Crippen LogP contribution in [-0.2, 0) is 17.4 Å². The Labute approximate surface area is 35.6 Å². The Balaban J connectivity index is 0. The van der Waals surface area contributed by atoms with E-state index in [0.717, 1.165) is 0 Å². The summed E-state index contributed by atoms with van der Waals surface area (Å²) in [6.07, 6.45) is 1.50. The van der Waals surface area contributed by atoms with Crippen molar-refractivity contribution in [2.75, 3.05) is 0 Å². The van der Waals surface area contributed by atoms with Crippen LogP contribution in [0.5, 0.6) is 0 Å². The fourth-order valence-corrected chi connectivity index (χ4v) is 0. The predicted molar refractivity (Wildman–Crippen MR) is 11.9 cm³/mol. The maximum atomic E-state index is 5.74. The molecule has 0 heterocycles. The van der Waals surface area contributed by atoms with Gasteiger partial charge in [-0.25, -0.2) is 0 Å². The molecule has 0 bridgehead atoms. The second kappa shape index (κ2) is 12.0. The predicted octanol–water partition coefficient (Wildman–Crippen LogP) is -0.573. The first-order valence-corrected chi connectivity index (χ1v) is 0.539. The van der Waals surface area contributed by atoms with Gasteiger partial charge in [-0.1, -0.05) is 0 Å². The first kappa shape index (κ1) is 9.00. The minimum Gasteiger partial charge on any atom is -0.563 e. The summed E-state index contributed by atoms with van der Waals surface area (Å²) in [4.78, 5) is 0. The first-order valence-electron chi connectivity index (χ1n) is 0.539. The molecule has 0 aromatic rings. The molecular weight excluding hydrogens is 92.0 g/mol. The number of hydrogen-bond donors (Lipinski definition) is 2. The second-order valence-corrected chi connectivity index (χ2v) is 0.144. The van der Waals surface area contributed by atoms with Crippen LogP contribution < -0.4 is 5.73 Å². The van der Waals surface area contributed by atoms with Gasteiger partial charge in [-0.2, -0.15) is 0 Å². The van der Waals surface area contributed by atoms with E-state index in [1.165, 1.54) is 6.34 Å². The number of hydrogen-bond acceptors (Lipinski definition) is 1. The molecule has 0 aliphatic carbocycles. The molecule has 24 valence electrons. The quantitative estimate of drug-likeness (QED) is 0.180. The number of rotatable bonds is 0. The van der Waals surface area contributed by atoms with Gasteiger partial charge in [0.2, 0.25) is 0 Å². The van der Waals surface area contributed by atoms with E-state index in [2.05, 4.69) is 5.73 Å². The summed E-state index contributed by atoms with van der Waals surface area (Å²) in [5.74, 6) is 0. The van der Waals surface area contributed by atoms with Crippen LogP contribution in [0.3, 0.4) is 0 Å². The average Bonchev–Trinajstić information content (AvgIpc) is 0.918. The molecule has 0 atom stereocenters. The van der Waals surface area contributed by atoms with Gasteiger partial charge in [0.15, 0.2) is 0 Å². The van der Waals surface area contributed by atoms with Gasteiger partial charge < -0.3 is 17.5 Å². The molecule has 0 fully saturated rings. The van der Waals surface area contributed by atoms with E-state index in [-0.39, 0.29) is 17.4 Å². The van der Waals surface area contributed by atoms with E-state index in [4.69, 9.17) is 5.41 Å². The Morgan fingerprint density at radius 1 is 1.75 bits per heavy atom. The van der Waals surface area contributed by atoms with Crippen molar-refractivity contribution in [3.05, 3.63) is 0 Å². The summed E-state index contributed by atoms with van der Waals surface area (Å²) in [6.45, 7) is 0. The Kier molecular flexibility index (Phi) is 27.0. The van der Waals surface area contributed by atoms with Crippen molar-refractivity contribution >= 4 is 6.34 Å². The van der Waals surface area contributed by atoms with Gasteiger partial charge in [0, 0.05) is 17.4 Å². The molecule has 0 spiro atoms. The van der Waals surface area contributed by atoms with Gasteiger partial charge in [0.05, 0.1) is 0 Å². The Morgan fingerprint density at radius 3 is 1.75 bits per heavy atom. The Morgan fingerprint density at radius 2 is 1.75 bits per heavy atom. The molecule has 0 aromatic heterocycles. The van der Waals surface area contributed by atoms with Crippen LogP contribution in [0.15, 0.2) is 0 Å². The van der Waals surface area contributed by atoms with Crippen molar-refractivity contribution in [3.8, 4) is 0 Å². The zero-order valence-electron chi connectivity index (χ0n) is 1.99. The minimum absolute atomic E-state index is 0. The molecule has 0 aliphatic heterocycles. The summed E-state index contributed by atoms with van der Waals surface area (Å²) in [7, 11) is 0. The molecule has 4 heavy (non-hydrogen) atoms. The van der Waals surface area contributed by atoms with E-state index in [1.54, 1.807) is 0 Å². The number of nitrogens with two attached hydrogens (primary N) is 1. The van der Waals surface area contributed by atoms with Gasteiger partial charge in [0.1, 0.15) is 0 Å². The molecule has 0 aliphatic rings. The van der Waals surface area contributed by atoms with Crippen LogP contribution in [-0.4, -0.2) is 6.34 Å². The van der Waals surface area contributed by atoms with E-state index >= 15 is 0 Å². The van der Waals surface area contributed by atoms with E-state index in [0.29, 0.717) is 0 Å². The molecule has 0 amide bonds. The molecule has 0 aromatic carbocycles. The largest absolute Gasteiger partial charge is 0.563 e. The van der Waals surface area contributed by atoms with Gasteiger partial charge in [-0.3, -0.25) is 0 Å². The van der Waals surface area contributed by atoms with Crippen LogP contribution in [0.4, 0.5) is 0 Å². The van der Waals surface area contributed by atoms with Crippen molar-refractivity contribution in [1.29, 1.82) is 5.41 Å². The SMILES string of the molecule is N=[C-]N.[Cr]. The second-order valence-electron chi connectivity index (χ2n) is 0.144. The smallest absolute Gasteiger partial charge is 0 e. The van der Waals surface area contributed by atoms with Crippen molar-refractivity contribution in [3.63, 3.8) is 0 Å². The normalized spacial score (nSPS) is 3.00. The number of nitrogens with one attached hydrogen (secondary N) is 1. The van der Waals surface area contributed by atoms with Crippen LogP contribution in [0.1, 0.15) is 0 Å². The van der Waals surface area contributed by atoms with Crippen molar-refractivity contribution in [1.82, 2.24) is 0 Å². The fraction of sp³-hybridized carbons (Fsp3) is 0. The fourth-order valence-electron chi connectivity index (χ4n) is 0. The molecule has 0 saturated carbocycles. The molecule has 0 unspecified atom stereocenters. The van der Waals surface area contributed by atoms with Gasteiger partial charge in [0.25, 0.3) is 0 Å². The van der Waals surface area contributed by atoms with E-state index in [9.17, 15) is 0 Å².